The van der Waals surface area contributed by atoms with Gasteiger partial charge in [0.05, 0.1) is 18.4 Å². The molecular formula is C28H37NO17S. The third-order valence-electron chi connectivity index (χ3n) is 6.18. The van der Waals surface area contributed by atoms with Gasteiger partial charge in [0.1, 0.15) is 24.3 Å². The van der Waals surface area contributed by atoms with Crippen molar-refractivity contribution in [1.82, 2.24) is 0 Å². The summed E-state index contributed by atoms with van der Waals surface area (Å²) in [5.41, 5.74) is -1.14. The van der Waals surface area contributed by atoms with Gasteiger partial charge in [-0.05, 0) is 0 Å². The lowest BCUT2D eigenvalue weighted by atomic mass is 9.97. The summed E-state index contributed by atoms with van der Waals surface area (Å²) in [7, 11) is 0. The number of esters is 7. The average Bonchev–Trinajstić information content (AvgIpc) is 2.93. The van der Waals surface area contributed by atoms with Crippen molar-refractivity contribution in [2.24, 2.45) is 0 Å². The monoisotopic (exact) mass is 691 g/mol. The highest BCUT2D eigenvalue weighted by Gasteiger charge is 2.55. The Labute approximate surface area is 273 Å². The van der Waals surface area contributed by atoms with Crippen molar-refractivity contribution in [2.45, 2.75) is 109 Å². The molecule has 18 nitrogen and oxygen atoms in total. The first-order valence-electron chi connectivity index (χ1n) is 14.1. The molecule has 2 rings (SSSR count). The quantitative estimate of drug-likeness (QED) is 0.180. The van der Waals surface area contributed by atoms with Gasteiger partial charge in [-0.2, -0.15) is 5.26 Å². The van der Waals surface area contributed by atoms with Crippen LogP contribution in [0.3, 0.4) is 0 Å². The maximum atomic E-state index is 12.2. The highest BCUT2D eigenvalue weighted by Crippen LogP contribution is 2.36. The van der Waals surface area contributed by atoms with E-state index in [0.717, 1.165) is 60.2 Å². The van der Waals surface area contributed by atoms with Crippen LogP contribution in [0.2, 0.25) is 0 Å². The number of carbonyl (C=O) groups is 7. The topological polar surface area (TPSA) is 236 Å². The van der Waals surface area contributed by atoms with Crippen molar-refractivity contribution >= 4 is 53.5 Å². The van der Waals surface area contributed by atoms with Gasteiger partial charge < -0.3 is 47.4 Å². The largest absolute Gasteiger partial charge is 0.463 e. The fourth-order valence-electron chi connectivity index (χ4n) is 4.76. The number of hydrogen-bond donors (Lipinski definition) is 0. The van der Waals surface area contributed by atoms with Crippen LogP contribution in [0.15, 0.2) is 0 Å². The van der Waals surface area contributed by atoms with Gasteiger partial charge in [-0.3, -0.25) is 33.6 Å². The molecular weight excluding hydrogens is 654 g/mol. The Kier molecular flexibility index (Phi) is 15.3. The van der Waals surface area contributed by atoms with Crippen molar-refractivity contribution in [3.63, 3.8) is 0 Å². The SMILES string of the molecule is CC(=O)OC[C@H]1O[C@H](OC[C@H]2O[C@H](SCC#N)[C@@H](OC(C)=O)[C@@H](OC(C)=O)[C@@H]2OC(C)=O)[C@@H](OC(C)=O)[C@@H](OC(C)=O)[C@@H]1OC(C)=O. The Bertz CT molecular complexity index is 1220. The lowest BCUT2D eigenvalue weighted by Gasteiger charge is -2.46. The van der Waals surface area contributed by atoms with Crippen molar-refractivity contribution in [1.29, 1.82) is 5.26 Å². The van der Waals surface area contributed by atoms with Gasteiger partial charge in [0.25, 0.3) is 0 Å². The van der Waals surface area contributed by atoms with E-state index in [1.165, 1.54) is 0 Å². The molecule has 0 bridgehead atoms. The van der Waals surface area contributed by atoms with E-state index in [1.54, 1.807) is 0 Å². The molecule has 0 aromatic heterocycles. The van der Waals surface area contributed by atoms with E-state index in [9.17, 15) is 38.8 Å². The van der Waals surface area contributed by atoms with Crippen LogP contribution in [0, 0.1) is 11.3 Å². The predicted octanol–water partition coefficient (Wildman–Crippen LogP) is -0.137. The van der Waals surface area contributed by atoms with Crippen LogP contribution < -0.4 is 0 Å². The smallest absolute Gasteiger partial charge is 0.303 e. The molecule has 0 aliphatic carbocycles. The zero-order valence-electron chi connectivity index (χ0n) is 26.7. The molecule has 19 heteroatoms. The summed E-state index contributed by atoms with van der Waals surface area (Å²) < 4.78 is 55.3. The second-order valence-electron chi connectivity index (χ2n) is 10.1. The van der Waals surface area contributed by atoms with Gasteiger partial charge in [-0.1, -0.05) is 0 Å². The molecule has 2 fully saturated rings. The molecule has 2 aliphatic rings. The van der Waals surface area contributed by atoms with E-state index in [4.69, 9.17) is 47.4 Å². The fourth-order valence-corrected chi connectivity index (χ4v) is 5.62. The van der Waals surface area contributed by atoms with Crippen LogP contribution >= 0.6 is 11.8 Å². The minimum Gasteiger partial charge on any atom is -0.463 e. The average molecular weight is 692 g/mol. The van der Waals surface area contributed by atoms with Crippen LogP contribution in [0.1, 0.15) is 48.5 Å². The first kappa shape index (κ1) is 39.2. The van der Waals surface area contributed by atoms with Crippen molar-refractivity contribution < 1.29 is 80.9 Å². The van der Waals surface area contributed by atoms with Gasteiger partial charge in [-0.25, -0.2) is 0 Å². The third-order valence-corrected chi connectivity index (χ3v) is 7.19. The molecule has 0 spiro atoms. The molecule has 0 saturated carbocycles. The minimum atomic E-state index is -1.62. The molecule has 47 heavy (non-hydrogen) atoms. The number of nitriles is 1. The second kappa shape index (κ2) is 18.4. The van der Waals surface area contributed by atoms with Crippen LogP contribution in [0.4, 0.5) is 0 Å². The Morgan fingerprint density at radius 1 is 0.553 bits per heavy atom. The molecule has 0 aromatic rings. The van der Waals surface area contributed by atoms with E-state index < -0.39 is 116 Å². The summed E-state index contributed by atoms with van der Waals surface area (Å²) in [5.74, 6) is -5.88. The Morgan fingerprint density at radius 3 is 1.40 bits per heavy atom. The first-order chi connectivity index (χ1) is 22.0. The summed E-state index contributed by atoms with van der Waals surface area (Å²) in [4.78, 5) is 84.1. The molecule has 0 radical (unpaired) electrons. The van der Waals surface area contributed by atoms with Gasteiger partial charge >= 0.3 is 41.8 Å². The number of hydrogen-bond acceptors (Lipinski definition) is 19. The van der Waals surface area contributed by atoms with E-state index in [-0.39, 0.29) is 5.75 Å². The highest BCUT2D eigenvalue weighted by molar-refractivity contribution is 8.00. The number of nitrogens with zero attached hydrogens (tertiary/aromatic N) is 1. The zero-order valence-corrected chi connectivity index (χ0v) is 27.5. The Morgan fingerprint density at radius 2 is 0.957 bits per heavy atom. The normalized spacial score (nSPS) is 30.0. The number of thioether (sulfide) groups is 1. The van der Waals surface area contributed by atoms with Gasteiger partial charge in [0.2, 0.25) is 0 Å². The Balaban J connectivity index is 2.55. The second-order valence-corrected chi connectivity index (χ2v) is 11.2. The fraction of sp³-hybridized carbons (Fsp3) is 0.714. The summed E-state index contributed by atoms with van der Waals surface area (Å²) in [5, 5.41) is 9.18. The lowest BCUT2D eigenvalue weighted by Crippen LogP contribution is -2.64. The molecule has 0 unspecified atom stereocenters. The molecule has 0 N–H and O–H groups in total. The molecule has 2 heterocycles. The van der Waals surface area contributed by atoms with Crippen molar-refractivity contribution in [2.75, 3.05) is 19.0 Å². The van der Waals surface area contributed by atoms with Crippen molar-refractivity contribution in [3.8, 4) is 6.07 Å². The Hall–Kier alpha value is -3.99. The molecule has 2 saturated heterocycles. The third kappa shape index (κ3) is 12.3. The van der Waals surface area contributed by atoms with Gasteiger partial charge in [-0.15, -0.1) is 11.8 Å². The molecule has 0 amide bonds. The summed E-state index contributed by atoms with van der Waals surface area (Å²) in [6.45, 7) is 6.43. The van der Waals surface area contributed by atoms with Crippen LogP contribution in [0.25, 0.3) is 0 Å². The summed E-state index contributed by atoms with van der Waals surface area (Å²) in [6, 6.07) is 1.91. The van der Waals surface area contributed by atoms with Gasteiger partial charge in [0, 0.05) is 48.5 Å². The zero-order chi connectivity index (χ0) is 35.4. The molecule has 2 aliphatic heterocycles. The van der Waals surface area contributed by atoms with E-state index in [2.05, 4.69) is 0 Å². The van der Waals surface area contributed by atoms with Crippen molar-refractivity contribution in [3.05, 3.63) is 0 Å². The summed E-state index contributed by atoms with van der Waals surface area (Å²) >= 11 is 0.893. The maximum absolute atomic E-state index is 12.2. The molecule has 262 valence electrons. The van der Waals surface area contributed by atoms with Crippen LogP contribution in [0.5, 0.6) is 0 Å². The van der Waals surface area contributed by atoms with E-state index >= 15 is 0 Å². The molecule has 0 aromatic carbocycles. The highest BCUT2D eigenvalue weighted by atomic mass is 32.2. The van der Waals surface area contributed by atoms with E-state index in [1.807, 2.05) is 6.07 Å². The van der Waals surface area contributed by atoms with Gasteiger partial charge in [0.15, 0.2) is 42.9 Å². The summed E-state index contributed by atoms with van der Waals surface area (Å²) in [6.07, 6.45) is -13.0. The number of ether oxygens (including phenoxy) is 10. The predicted molar refractivity (Wildman–Crippen MR) is 151 cm³/mol. The first-order valence-corrected chi connectivity index (χ1v) is 15.2. The standard InChI is InChI=1S/C28H37NO17S/c1-12(30)37-10-19-21(39-13(2)31)23(41-15(4)33)25(43-17(6)35)27(45-19)38-11-20-22(40-14(3)32)24(42-16(5)34)26(44-18(7)36)28(46-20)47-9-8-29/h19-28H,9-11H2,1-7H3/t19-,20-,21-,22-,23+,24+,25+,26+,27+,28-/m1/s1. The maximum Gasteiger partial charge on any atom is 0.303 e. The van der Waals surface area contributed by atoms with E-state index in [0.29, 0.717) is 0 Å². The number of carbonyl (C=O) groups excluding carboxylic acids is 7. The van der Waals surface area contributed by atoms with Crippen LogP contribution in [-0.4, -0.2) is 121 Å². The van der Waals surface area contributed by atoms with Crippen LogP contribution in [-0.2, 0) is 80.9 Å². The lowest BCUT2D eigenvalue weighted by molar-refractivity contribution is -0.317. The number of rotatable bonds is 13. The minimum absolute atomic E-state index is 0.152. The molecule has 10 atom stereocenters.